The fraction of sp³-hybridized carbons (Fsp3) is 0.647. The van der Waals surface area contributed by atoms with Crippen LogP contribution < -0.4 is 15.5 Å². The first-order chi connectivity index (χ1) is 10.7. The predicted octanol–water partition coefficient (Wildman–Crippen LogP) is 2.11. The molecule has 0 saturated carbocycles. The Morgan fingerprint density at radius 2 is 2.22 bits per heavy atom. The van der Waals surface area contributed by atoms with Gasteiger partial charge in [0.1, 0.15) is 5.82 Å². The van der Waals surface area contributed by atoms with Gasteiger partial charge in [0.2, 0.25) is 5.91 Å². The van der Waals surface area contributed by atoms with Gasteiger partial charge in [0.15, 0.2) is 0 Å². The van der Waals surface area contributed by atoms with E-state index in [1.165, 1.54) is 12.8 Å². The number of nitrogens with one attached hydrogen (secondary N) is 2. The average Bonchev–Trinajstić information content (AvgIpc) is 3.07. The highest BCUT2D eigenvalue weighted by Gasteiger charge is 2.24. The molecule has 3 heterocycles. The SMILES string of the molecule is C[C@H]1C[C@@H](C(=O)NCc2ccnc(N3CCCC3)c2)CCN1.Cl. The van der Waals surface area contributed by atoms with Crippen molar-refractivity contribution in [2.75, 3.05) is 24.5 Å². The van der Waals surface area contributed by atoms with E-state index in [9.17, 15) is 4.79 Å². The summed E-state index contributed by atoms with van der Waals surface area (Å²) in [5.41, 5.74) is 1.13. The number of anilines is 1. The Balaban J connectivity index is 0.00000192. The van der Waals surface area contributed by atoms with E-state index < -0.39 is 0 Å². The lowest BCUT2D eigenvalue weighted by Gasteiger charge is -2.27. The number of piperidine rings is 1. The molecule has 0 unspecified atom stereocenters. The second-order valence-electron chi connectivity index (χ2n) is 6.51. The molecular formula is C17H27ClN4O. The minimum absolute atomic E-state index is 0. The van der Waals surface area contributed by atoms with Gasteiger partial charge in [-0.15, -0.1) is 12.4 Å². The van der Waals surface area contributed by atoms with Crippen molar-refractivity contribution in [1.29, 1.82) is 0 Å². The van der Waals surface area contributed by atoms with Gasteiger partial charge in [-0.2, -0.15) is 0 Å². The highest BCUT2D eigenvalue weighted by molar-refractivity contribution is 5.85. The summed E-state index contributed by atoms with van der Waals surface area (Å²) in [5, 5.41) is 6.48. The van der Waals surface area contributed by atoms with Crippen LogP contribution >= 0.6 is 12.4 Å². The van der Waals surface area contributed by atoms with E-state index in [1.807, 2.05) is 12.3 Å². The van der Waals surface area contributed by atoms with Gasteiger partial charge in [-0.05, 0) is 56.8 Å². The fourth-order valence-electron chi connectivity index (χ4n) is 3.39. The first kappa shape index (κ1) is 18.0. The van der Waals surface area contributed by atoms with E-state index in [4.69, 9.17) is 0 Å². The third-order valence-corrected chi connectivity index (χ3v) is 4.70. The van der Waals surface area contributed by atoms with Crippen LogP contribution in [-0.4, -0.2) is 36.6 Å². The lowest BCUT2D eigenvalue weighted by Crippen LogP contribution is -2.42. The number of halogens is 1. The van der Waals surface area contributed by atoms with Crippen LogP contribution in [0.1, 0.15) is 38.2 Å². The monoisotopic (exact) mass is 338 g/mol. The number of pyridine rings is 1. The van der Waals surface area contributed by atoms with Gasteiger partial charge in [0.05, 0.1) is 0 Å². The first-order valence-electron chi connectivity index (χ1n) is 8.43. The van der Waals surface area contributed by atoms with E-state index in [0.717, 1.165) is 43.9 Å². The maximum absolute atomic E-state index is 12.3. The molecule has 5 nitrogen and oxygen atoms in total. The van der Waals surface area contributed by atoms with Crippen molar-refractivity contribution >= 4 is 24.1 Å². The largest absolute Gasteiger partial charge is 0.357 e. The van der Waals surface area contributed by atoms with Gasteiger partial charge in [0.25, 0.3) is 0 Å². The van der Waals surface area contributed by atoms with Gasteiger partial charge >= 0.3 is 0 Å². The molecule has 2 aliphatic rings. The number of nitrogens with zero attached hydrogens (tertiary/aromatic N) is 2. The van der Waals surface area contributed by atoms with Crippen molar-refractivity contribution in [3.8, 4) is 0 Å². The summed E-state index contributed by atoms with van der Waals surface area (Å²) in [6.07, 6.45) is 6.21. The van der Waals surface area contributed by atoms with Crippen molar-refractivity contribution in [3.05, 3.63) is 23.9 Å². The zero-order valence-corrected chi connectivity index (χ0v) is 14.6. The molecule has 1 aromatic heterocycles. The lowest BCUT2D eigenvalue weighted by molar-refractivity contribution is -0.126. The molecule has 2 fully saturated rings. The number of amides is 1. The molecule has 0 aromatic carbocycles. The predicted molar refractivity (Wildman–Crippen MR) is 95.0 cm³/mol. The smallest absolute Gasteiger partial charge is 0.223 e. The molecule has 0 bridgehead atoms. The first-order valence-corrected chi connectivity index (χ1v) is 8.43. The number of aromatic nitrogens is 1. The van der Waals surface area contributed by atoms with Gasteiger partial charge in [0, 0.05) is 37.8 Å². The summed E-state index contributed by atoms with van der Waals surface area (Å²) in [4.78, 5) is 19.1. The van der Waals surface area contributed by atoms with Crippen LogP contribution in [0.4, 0.5) is 5.82 Å². The summed E-state index contributed by atoms with van der Waals surface area (Å²) < 4.78 is 0. The Morgan fingerprint density at radius 1 is 1.43 bits per heavy atom. The highest BCUT2D eigenvalue weighted by atomic mass is 35.5. The third-order valence-electron chi connectivity index (χ3n) is 4.70. The fourth-order valence-corrected chi connectivity index (χ4v) is 3.39. The Labute approximate surface area is 144 Å². The molecule has 0 radical (unpaired) electrons. The Bertz CT molecular complexity index is 519. The molecule has 0 spiro atoms. The lowest BCUT2D eigenvalue weighted by atomic mass is 9.92. The molecular weight excluding hydrogens is 312 g/mol. The standard InChI is InChI=1S/C17H26N4O.ClH/c1-13-10-15(5-7-18-13)17(22)20-12-14-4-6-19-16(11-14)21-8-2-3-9-21;/h4,6,11,13,15,18H,2-3,5,7-10,12H2,1H3,(H,20,22);1H/t13-,15-;/m0./s1. The van der Waals surface area contributed by atoms with Crippen LogP contribution in [0.15, 0.2) is 18.3 Å². The van der Waals surface area contributed by atoms with Crippen LogP contribution in [0.5, 0.6) is 0 Å². The normalized spacial score (nSPS) is 24.1. The molecule has 3 rings (SSSR count). The quantitative estimate of drug-likeness (QED) is 0.882. The van der Waals surface area contributed by atoms with Gasteiger partial charge < -0.3 is 15.5 Å². The summed E-state index contributed by atoms with van der Waals surface area (Å²) in [5.74, 6) is 1.38. The second-order valence-corrected chi connectivity index (χ2v) is 6.51. The highest BCUT2D eigenvalue weighted by Crippen LogP contribution is 2.19. The number of carbonyl (C=O) groups excluding carboxylic acids is 1. The zero-order chi connectivity index (χ0) is 15.4. The van der Waals surface area contributed by atoms with Crippen molar-refractivity contribution in [2.45, 2.75) is 45.2 Å². The zero-order valence-electron chi connectivity index (χ0n) is 13.8. The summed E-state index contributed by atoms with van der Waals surface area (Å²) in [6.45, 7) is 5.87. The van der Waals surface area contributed by atoms with Crippen molar-refractivity contribution in [3.63, 3.8) is 0 Å². The Kier molecular flexibility index (Phi) is 6.66. The van der Waals surface area contributed by atoms with Crippen LogP contribution in [-0.2, 0) is 11.3 Å². The van der Waals surface area contributed by atoms with E-state index >= 15 is 0 Å². The molecule has 0 aliphatic carbocycles. The molecule has 2 saturated heterocycles. The number of rotatable bonds is 4. The van der Waals surface area contributed by atoms with Gasteiger partial charge in [-0.3, -0.25) is 4.79 Å². The van der Waals surface area contributed by atoms with E-state index in [0.29, 0.717) is 12.6 Å². The van der Waals surface area contributed by atoms with E-state index in [1.54, 1.807) is 0 Å². The topological polar surface area (TPSA) is 57.3 Å². The minimum atomic E-state index is 0. The molecule has 1 aromatic rings. The Hall–Kier alpha value is -1.33. The van der Waals surface area contributed by atoms with Crippen LogP contribution in [0, 0.1) is 5.92 Å². The van der Waals surface area contributed by atoms with Gasteiger partial charge in [-0.1, -0.05) is 0 Å². The summed E-state index contributed by atoms with van der Waals surface area (Å²) in [6, 6.07) is 4.54. The molecule has 128 valence electrons. The van der Waals surface area contributed by atoms with Crippen LogP contribution in [0.3, 0.4) is 0 Å². The molecule has 2 N–H and O–H groups in total. The van der Waals surface area contributed by atoms with E-state index in [2.05, 4.69) is 33.5 Å². The average molecular weight is 339 g/mol. The molecule has 23 heavy (non-hydrogen) atoms. The van der Waals surface area contributed by atoms with Crippen molar-refractivity contribution < 1.29 is 4.79 Å². The number of carbonyl (C=O) groups is 1. The summed E-state index contributed by atoms with van der Waals surface area (Å²) >= 11 is 0. The Morgan fingerprint density at radius 3 is 2.96 bits per heavy atom. The molecule has 2 aliphatic heterocycles. The minimum Gasteiger partial charge on any atom is -0.357 e. The number of hydrogen-bond donors (Lipinski definition) is 2. The molecule has 6 heteroatoms. The van der Waals surface area contributed by atoms with Crippen molar-refractivity contribution in [2.24, 2.45) is 5.92 Å². The molecule has 2 atom stereocenters. The van der Waals surface area contributed by atoms with Crippen LogP contribution in [0.2, 0.25) is 0 Å². The summed E-state index contributed by atoms with van der Waals surface area (Å²) in [7, 11) is 0. The maximum Gasteiger partial charge on any atom is 0.223 e. The molecule has 1 amide bonds. The maximum atomic E-state index is 12.3. The van der Waals surface area contributed by atoms with E-state index in [-0.39, 0.29) is 24.2 Å². The van der Waals surface area contributed by atoms with Crippen LogP contribution in [0.25, 0.3) is 0 Å². The van der Waals surface area contributed by atoms with Gasteiger partial charge in [-0.25, -0.2) is 4.98 Å². The second kappa shape index (κ2) is 8.50. The number of hydrogen-bond acceptors (Lipinski definition) is 4. The third kappa shape index (κ3) is 4.82. The van der Waals surface area contributed by atoms with Crippen molar-refractivity contribution in [1.82, 2.24) is 15.6 Å².